The highest BCUT2D eigenvalue weighted by molar-refractivity contribution is 5.87. The van der Waals surface area contributed by atoms with Crippen molar-refractivity contribution in [3.8, 4) is 0 Å². The van der Waals surface area contributed by atoms with E-state index in [9.17, 15) is 14.0 Å². The summed E-state index contributed by atoms with van der Waals surface area (Å²) >= 11 is 0. The highest BCUT2D eigenvalue weighted by atomic mass is 19.1. The fourth-order valence-corrected chi connectivity index (χ4v) is 6.00. The SMILES string of the molecule is CC.CC(C)N.CC1CCC([C@H](Cc2c(N)c(F)cc3[nH]ncc23)Nc2ccc3c(cnn3CCOC(=O)CC(N)C(=O)O)c2)C1.Cc1ccn[nH]1. The average Bonchev–Trinajstić information content (AvgIpc) is 3.93. The molecule has 5 aromatic rings. The molecule has 0 saturated heterocycles. The topological polar surface area (TPSA) is 229 Å². The Balaban J connectivity index is 0.000000524. The molecule has 3 heterocycles. The standard InChI is InChI=1S/C28H34FN7O4.C4H6N2.C3H9N.C2H6/c1-15-2-3-16(8-15)23(10-19-20-14-32-35-24(20)11-21(29)27(19)31)34-18-4-5-25-17(9-18)13-33-36(25)6-7-40-26(37)12-22(30)28(38)39;1-4-2-3-5-6-4;1-3(2)4;1-2/h4-5,9,11,13-16,22-23,34H,2-3,6-8,10,12,30-31H2,1H3,(H,32,35)(H,38,39);2-3H,1H3,(H,5,6);3H,4H2,1-2H3;1-2H3/t15?,16?,22?,23-;;;/m0.../s1. The fraction of sp³-hybridized carbons (Fsp3) is 0.486. The van der Waals surface area contributed by atoms with Crippen LogP contribution in [-0.2, 0) is 27.3 Å². The smallest absolute Gasteiger partial charge is 0.321 e. The van der Waals surface area contributed by atoms with Crippen molar-refractivity contribution in [2.75, 3.05) is 17.7 Å². The number of nitrogens with one attached hydrogen (secondary N) is 3. The van der Waals surface area contributed by atoms with Crippen LogP contribution in [-0.4, -0.2) is 72.0 Å². The number of hydrogen-bond donors (Lipinski definition) is 7. The van der Waals surface area contributed by atoms with E-state index in [4.69, 9.17) is 27.0 Å². The number of aromatic nitrogens is 6. The Bertz CT molecular complexity index is 1840. The fourth-order valence-electron chi connectivity index (χ4n) is 6.00. The molecular formula is C37H55FN10O4. The van der Waals surface area contributed by atoms with E-state index in [1.54, 1.807) is 23.3 Å². The molecule has 2 aromatic carbocycles. The summed E-state index contributed by atoms with van der Waals surface area (Å²) in [6.07, 6.45) is 8.67. The molecule has 3 unspecified atom stereocenters. The van der Waals surface area contributed by atoms with E-state index in [1.165, 1.54) is 6.07 Å². The number of anilines is 2. The van der Waals surface area contributed by atoms with Crippen LogP contribution in [0.25, 0.3) is 21.8 Å². The number of nitrogen functional groups attached to an aromatic ring is 1. The summed E-state index contributed by atoms with van der Waals surface area (Å²) in [6.45, 7) is 12.5. The molecule has 0 amide bonds. The number of carboxylic acids is 1. The van der Waals surface area contributed by atoms with Crippen LogP contribution in [0.3, 0.4) is 0 Å². The number of aryl methyl sites for hydroxylation is 1. The van der Waals surface area contributed by atoms with E-state index in [0.29, 0.717) is 36.4 Å². The van der Waals surface area contributed by atoms with Crippen molar-refractivity contribution in [3.63, 3.8) is 0 Å². The molecule has 284 valence electrons. The molecule has 10 N–H and O–H groups in total. The number of H-pyrrole nitrogens is 2. The van der Waals surface area contributed by atoms with E-state index in [1.807, 2.05) is 58.9 Å². The van der Waals surface area contributed by atoms with Gasteiger partial charge in [0.2, 0.25) is 0 Å². The first-order valence-corrected chi connectivity index (χ1v) is 17.8. The van der Waals surface area contributed by atoms with Crippen molar-refractivity contribution < 1.29 is 23.8 Å². The summed E-state index contributed by atoms with van der Waals surface area (Å²) in [5.41, 5.74) is 21.2. The Morgan fingerprint density at radius 1 is 1.12 bits per heavy atom. The van der Waals surface area contributed by atoms with Crippen molar-refractivity contribution in [2.24, 2.45) is 23.3 Å². The number of esters is 1. The second kappa shape index (κ2) is 20.1. The number of nitrogens with two attached hydrogens (primary N) is 3. The van der Waals surface area contributed by atoms with Gasteiger partial charge in [0, 0.05) is 40.5 Å². The van der Waals surface area contributed by atoms with Crippen molar-refractivity contribution in [1.29, 1.82) is 0 Å². The van der Waals surface area contributed by atoms with Gasteiger partial charge in [-0.2, -0.15) is 15.3 Å². The zero-order valence-electron chi connectivity index (χ0n) is 31.0. The molecule has 52 heavy (non-hydrogen) atoms. The lowest BCUT2D eigenvalue weighted by Gasteiger charge is -2.27. The van der Waals surface area contributed by atoms with Gasteiger partial charge in [0.15, 0.2) is 0 Å². The number of fused-ring (bicyclic) bond motifs is 2. The number of aliphatic carboxylic acids is 1. The molecule has 1 aliphatic carbocycles. The van der Waals surface area contributed by atoms with Gasteiger partial charge in [-0.3, -0.25) is 24.5 Å². The van der Waals surface area contributed by atoms with Crippen LogP contribution >= 0.6 is 0 Å². The third kappa shape index (κ3) is 12.0. The zero-order chi connectivity index (χ0) is 38.4. The third-order valence-corrected chi connectivity index (χ3v) is 8.48. The van der Waals surface area contributed by atoms with Crippen molar-refractivity contribution in [2.45, 2.75) is 98.3 Å². The van der Waals surface area contributed by atoms with Gasteiger partial charge in [-0.25, -0.2) is 4.39 Å². The van der Waals surface area contributed by atoms with Crippen molar-refractivity contribution in [3.05, 3.63) is 66.0 Å². The number of carbonyl (C=O) groups excluding carboxylic acids is 1. The van der Waals surface area contributed by atoms with Gasteiger partial charge >= 0.3 is 11.9 Å². The van der Waals surface area contributed by atoms with Gasteiger partial charge in [-0.15, -0.1) is 0 Å². The normalized spacial score (nSPS) is 16.2. The maximum absolute atomic E-state index is 14.6. The van der Waals surface area contributed by atoms with Crippen LogP contribution in [0.15, 0.2) is 48.9 Å². The zero-order valence-corrected chi connectivity index (χ0v) is 31.0. The van der Waals surface area contributed by atoms with Crippen molar-refractivity contribution >= 4 is 45.1 Å². The molecule has 0 radical (unpaired) electrons. The Kier molecular flexibility index (Phi) is 16.0. The predicted molar refractivity (Wildman–Crippen MR) is 203 cm³/mol. The van der Waals surface area contributed by atoms with E-state index in [2.05, 4.69) is 37.7 Å². The minimum absolute atomic E-state index is 0.0382. The first-order valence-electron chi connectivity index (χ1n) is 17.8. The first-order chi connectivity index (χ1) is 24.8. The second-order valence-corrected chi connectivity index (χ2v) is 13.2. The Hall–Kier alpha value is -5.02. The highest BCUT2D eigenvalue weighted by Gasteiger charge is 2.30. The number of carboxylic acid groups (broad SMARTS) is 1. The summed E-state index contributed by atoms with van der Waals surface area (Å²) in [6, 6.07) is 8.33. The maximum atomic E-state index is 14.6. The van der Waals surface area contributed by atoms with Gasteiger partial charge in [-0.05, 0) is 73.9 Å². The van der Waals surface area contributed by atoms with Gasteiger partial charge in [0.25, 0.3) is 0 Å². The summed E-state index contributed by atoms with van der Waals surface area (Å²) in [5, 5.41) is 32.1. The number of benzene rings is 2. The van der Waals surface area contributed by atoms with E-state index in [0.717, 1.165) is 52.5 Å². The van der Waals surface area contributed by atoms with Gasteiger partial charge in [0.05, 0.1) is 42.1 Å². The number of hydrogen-bond acceptors (Lipinski definition) is 10. The third-order valence-electron chi connectivity index (χ3n) is 8.48. The Morgan fingerprint density at radius 2 is 1.85 bits per heavy atom. The molecule has 14 nitrogen and oxygen atoms in total. The number of aromatic amines is 2. The van der Waals surface area contributed by atoms with Gasteiger partial charge < -0.3 is 32.4 Å². The Morgan fingerprint density at radius 3 is 2.44 bits per heavy atom. The Labute approximate surface area is 304 Å². The highest BCUT2D eigenvalue weighted by Crippen LogP contribution is 2.37. The van der Waals surface area contributed by atoms with Crippen molar-refractivity contribution in [1.82, 2.24) is 30.2 Å². The molecule has 3 aromatic heterocycles. The molecule has 6 rings (SSSR count). The lowest BCUT2D eigenvalue weighted by atomic mass is 9.89. The van der Waals surface area contributed by atoms with Gasteiger partial charge in [0.1, 0.15) is 18.5 Å². The molecule has 1 saturated carbocycles. The summed E-state index contributed by atoms with van der Waals surface area (Å²) in [4.78, 5) is 22.6. The number of carbonyl (C=O) groups is 2. The largest absolute Gasteiger partial charge is 0.480 e. The molecule has 0 spiro atoms. The minimum atomic E-state index is -1.29. The summed E-state index contributed by atoms with van der Waals surface area (Å²) in [5.74, 6) is -1.34. The number of halogens is 1. The van der Waals surface area contributed by atoms with Crippen LogP contribution in [0.4, 0.5) is 15.8 Å². The lowest BCUT2D eigenvalue weighted by molar-refractivity contribution is -0.149. The van der Waals surface area contributed by atoms with Crippen LogP contribution in [0.5, 0.6) is 0 Å². The predicted octanol–water partition coefficient (Wildman–Crippen LogP) is 5.54. The first kappa shape index (κ1) is 41.4. The molecule has 15 heteroatoms. The molecular weight excluding hydrogens is 667 g/mol. The van der Waals surface area contributed by atoms with Crippen LogP contribution in [0.2, 0.25) is 0 Å². The molecule has 4 atom stereocenters. The number of rotatable bonds is 11. The second-order valence-electron chi connectivity index (χ2n) is 13.2. The summed E-state index contributed by atoms with van der Waals surface area (Å²) < 4.78 is 21.5. The number of nitrogens with zero attached hydrogens (tertiary/aromatic N) is 4. The van der Waals surface area contributed by atoms with E-state index in [-0.39, 0.29) is 18.3 Å². The van der Waals surface area contributed by atoms with E-state index < -0.39 is 30.2 Å². The molecule has 0 aliphatic heterocycles. The monoisotopic (exact) mass is 722 g/mol. The van der Waals surface area contributed by atoms with Crippen LogP contribution in [0.1, 0.15) is 71.6 Å². The van der Waals surface area contributed by atoms with Crippen LogP contribution in [0, 0.1) is 24.6 Å². The maximum Gasteiger partial charge on any atom is 0.321 e. The van der Waals surface area contributed by atoms with E-state index >= 15 is 0 Å². The average molecular weight is 723 g/mol. The minimum Gasteiger partial charge on any atom is -0.480 e. The van der Waals surface area contributed by atoms with Crippen LogP contribution < -0.4 is 22.5 Å². The van der Waals surface area contributed by atoms with Gasteiger partial charge in [-0.1, -0.05) is 41.0 Å². The summed E-state index contributed by atoms with van der Waals surface area (Å²) in [7, 11) is 0. The lowest BCUT2D eigenvalue weighted by Crippen LogP contribution is -2.33. The molecule has 1 fully saturated rings. The molecule has 0 bridgehead atoms. The molecule has 1 aliphatic rings. The quantitative estimate of drug-likeness (QED) is 0.0661. The number of ether oxygens (including phenoxy) is 1.